The number of unbranched alkanes of at least 4 members (excludes halogenated alkanes) is 2. The highest BCUT2D eigenvalue weighted by Gasteiger charge is 1.99. The molecule has 1 unspecified atom stereocenters. The number of hydrogen-bond donors (Lipinski definition) is 1. The highest BCUT2D eigenvalue weighted by molar-refractivity contribution is 4.55. The van der Waals surface area contributed by atoms with Crippen LogP contribution in [0.1, 0.15) is 32.6 Å². The lowest BCUT2D eigenvalue weighted by molar-refractivity contribution is 0.191. The minimum absolute atomic E-state index is 0.817. The molecule has 0 fully saturated rings. The van der Waals surface area contributed by atoms with E-state index in [1.807, 2.05) is 7.05 Å². The van der Waals surface area contributed by atoms with Gasteiger partial charge in [-0.05, 0) is 32.4 Å². The van der Waals surface area contributed by atoms with Gasteiger partial charge in [0.15, 0.2) is 0 Å². The maximum absolute atomic E-state index is 4.98. The van der Waals surface area contributed by atoms with Gasteiger partial charge in [-0.1, -0.05) is 19.8 Å². The molecule has 1 atom stereocenters. The molecule has 0 heterocycles. The Bertz CT molecular complexity index is 85.9. The molecule has 0 spiro atoms. The van der Waals surface area contributed by atoms with Gasteiger partial charge < -0.3 is 10.1 Å². The maximum Gasteiger partial charge on any atom is 0.0462 e. The summed E-state index contributed by atoms with van der Waals surface area (Å²) in [6, 6.07) is 0. The smallest absolute Gasteiger partial charge is 0.0462 e. The molecule has 0 aromatic carbocycles. The van der Waals surface area contributed by atoms with Gasteiger partial charge in [-0.3, -0.25) is 0 Å². The van der Waals surface area contributed by atoms with Crippen LogP contribution in [0.4, 0.5) is 0 Å². The number of ether oxygens (including phenoxy) is 1. The average molecular weight is 173 g/mol. The summed E-state index contributed by atoms with van der Waals surface area (Å²) in [6.45, 7) is 4.36. The van der Waals surface area contributed by atoms with Gasteiger partial charge in [0.1, 0.15) is 0 Å². The van der Waals surface area contributed by atoms with Crippen LogP contribution < -0.4 is 5.32 Å². The largest absolute Gasteiger partial charge is 0.385 e. The van der Waals surface area contributed by atoms with Gasteiger partial charge in [0, 0.05) is 13.7 Å². The Labute approximate surface area is 76.7 Å². The Morgan fingerprint density at radius 1 is 1.25 bits per heavy atom. The monoisotopic (exact) mass is 173 g/mol. The van der Waals surface area contributed by atoms with E-state index in [4.69, 9.17) is 4.74 Å². The van der Waals surface area contributed by atoms with Crippen LogP contribution in [0, 0.1) is 5.92 Å². The first-order valence-corrected chi connectivity index (χ1v) is 4.94. The molecule has 0 saturated heterocycles. The second kappa shape index (κ2) is 9.01. The van der Waals surface area contributed by atoms with Crippen LogP contribution in [0.15, 0.2) is 0 Å². The van der Waals surface area contributed by atoms with Gasteiger partial charge in [-0.15, -0.1) is 0 Å². The molecule has 0 aliphatic heterocycles. The summed E-state index contributed by atoms with van der Waals surface area (Å²) in [6.07, 6.45) is 5.20. The van der Waals surface area contributed by atoms with E-state index in [9.17, 15) is 0 Å². The third kappa shape index (κ3) is 8.02. The van der Waals surface area contributed by atoms with Gasteiger partial charge in [0.25, 0.3) is 0 Å². The lowest BCUT2D eigenvalue weighted by Gasteiger charge is -2.09. The molecule has 0 radical (unpaired) electrons. The van der Waals surface area contributed by atoms with Crippen LogP contribution in [0.2, 0.25) is 0 Å². The van der Waals surface area contributed by atoms with Crippen molar-refractivity contribution in [3.05, 3.63) is 0 Å². The topological polar surface area (TPSA) is 21.3 Å². The molecular weight excluding hydrogens is 150 g/mol. The SMILES string of the molecule is CNCC(C)CCCCCOC. The normalized spacial score (nSPS) is 13.2. The Kier molecular flexibility index (Phi) is 8.95. The second-order valence-electron chi connectivity index (χ2n) is 3.50. The first-order valence-electron chi connectivity index (χ1n) is 4.94. The van der Waals surface area contributed by atoms with Crippen LogP contribution >= 0.6 is 0 Å². The third-order valence-electron chi connectivity index (χ3n) is 2.10. The van der Waals surface area contributed by atoms with Crippen molar-refractivity contribution in [3.8, 4) is 0 Å². The summed E-state index contributed by atoms with van der Waals surface area (Å²) in [5.41, 5.74) is 0. The fourth-order valence-corrected chi connectivity index (χ4v) is 1.37. The van der Waals surface area contributed by atoms with Gasteiger partial charge >= 0.3 is 0 Å². The van der Waals surface area contributed by atoms with Crippen LogP contribution in [0.5, 0.6) is 0 Å². The molecule has 0 saturated carbocycles. The molecule has 0 rings (SSSR count). The molecule has 1 N–H and O–H groups in total. The standard InChI is InChI=1S/C10H23NO/c1-10(9-11-2)7-5-4-6-8-12-3/h10-11H,4-9H2,1-3H3. The van der Waals surface area contributed by atoms with Crippen molar-refractivity contribution in [2.75, 3.05) is 27.3 Å². The molecule has 0 bridgehead atoms. The highest BCUT2D eigenvalue weighted by Crippen LogP contribution is 2.07. The van der Waals surface area contributed by atoms with E-state index in [-0.39, 0.29) is 0 Å². The number of nitrogens with one attached hydrogen (secondary N) is 1. The van der Waals surface area contributed by atoms with E-state index in [0.29, 0.717) is 0 Å². The number of rotatable bonds is 8. The molecule has 0 aliphatic rings. The molecule has 12 heavy (non-hydrogen) atoms. The van der Waals surface area contributed by atoms with Crippen LogP contribution in [0.3, 0.4) is 0 Å². The van der Waals surface area contributed by atoms with Crippen LogP contribution in [-0.2, 0) is 4.74 Å². The van der Waals surface area contributed by atoms with Crippen molar-refractivity contribution in [2.24, 2.45) is 5.92 Å². The summed E-state index contributed by atoms with van der Waals surface area (Å²) in [4.78, 5) is 0. The average Bonchev–Trinajstić information content (AvgIpc) is 2.05. The van der Waals surface area contributed by atoms with Gasteiger partial charge in [0.2, 0.25) is 0 Å². The van der Waals surface area contributed by atoms with E-state index in [1.165, 1.54) is 25.7 Å². The summed E-state index contributed by atoms with van der Waals surface area (Å²) < 4.78 is 4.98. The van der Waals surface area contributed by atoms with Gasteiger partial charge in [-0.2, -0.15) is 0 Å². The fourth-order valence-electron chi connectivity index (χ4n) is 1.37. The molecule has 0 amide bonds. The Morgan fingerprint density at radius 2 is 2.00 bits per heavy atom. The van der Waals surface area contributed by atoms with Crippen molar-refractivity contribution < 1.29 is 4.74 Å². The highest BCUT2D eigenvalue weighted by atomic mass is 16.5. The lowest BCUT2D eigenvalue weighted by atomic mass is 10.0. The van der Waals surface area contributed by atoms with Crippen molar-refractivity contribution in [1.82, 2.24) is 5.32 Å². The Hall–Kier alpha value is -0.0800. The lowest BCUT2D eigenvalue weighted by Crippen LogP contribution is -2.15. The number of hydrogen-bond acceptors (Lipinski definition) is 2. The molecule has 0 aromatic heterocycles. The molecule has 2 heteroatoms. The van der Waals surface area contributed by atoms with Gasteiger partial charge in [0.05, 0.1) is 0 Å². The van der Waals surface area contributed by atoms with Crippen molar-refractivity contribution >= 4 is 0 Å². The summed E-state index contributed by atoms with van der Waals surface area (Å²) in [5, 5.41) is 3.19. The zero-order valence-corrected chi connectivity index (χ0v) is 8.73. The van der Waals surface area contributed by atoms with E-state index < -0.39 is 0 Å². The minimum atomic E-state index is 0.817. The summed E-state index contributed by atoms with van der Waals surface area (Å²) >= 11 is 0. The van der Waals surface area contributed by atoms with Crippen molar-refractivity contribution in [3.63, 3.8) is 0 Å². The van der Waals surface area contributed by atoms with E-state index in [1.54, 1.807) is 7.11 Å². The molecular formula is C10H23NO. The minimum Gasteiger partial charge on any atom is -0.385 e. The van der Waals surface area contributed by atoms with Crippen LogP contribution in [-0.4, -0.2) is 27.3 Å². The third-order valence-corrected chi connectivity index (χ3v) is 2.10. The first kappa shape index (κ1) is 11.9. The molecule has 0 aromatic rings. The Balaban J connectivity index is 2.97. The van der Waals surface area contributed by atoms with Gasteiger partial charge in [-0.25, -0.2) is 0 Å². The van der Waals surface area contributed by atoms with E-state index >= 15 is 0 Å². The predicted octanol–water partition coefficient (Wildman–Crippen LogP) is 2.05. The number of methoxy groups -OCH3 is 1. The first-order chi connectivity index (χ1) is 5.81. The fraction of sp³-hybridized carbons (Fsp3) is 1.00. The van der Waals surface area contributed by atoms with Crippen LogP contribution in [0.25, 0.3) is 0 Å². The zero-order chi connectivity index (χ0) is 9.23. The van der Waals surface area contributed by atoms with E-state index in [0.717, 1.165) is 19.1 Å². The van der Waals surface area contributed by atoms with Crippen molar-refractivity contribution in [1.29, 1.82) is 0 Å². The zero-order valence-electron chi connectivity index (χ0n) is 8.73. The predicted molar refractivity (Wildman–Crippen MR) is 53.4 cm³/mol. The van der Waals surface area contributed by atoms with Crippen molar-refractivity contribution in [2.45, 2.75) is 32.6 Å². The maximum atomic E-state index is 4.98. The van der Waals surface area contributed by atoms with E-state index in [2.05, 4.69) is 12.2 Å². The summed E-state index contributed by atoms with van der Waals surface area (Å²) in [7, 11) is 3.78. The molecule has 74 valence electrons. The second-order valence-corrected chi connectivity index (χ2v) is 3.50. The molecule has 0 aliphatic carbocycles. The Morgan fingerprint density at radius 3 is 2.58 bits per heavy atom. The quantitative estimate of drug-likeness (QED) is 0.567. The molecule has 2 nitrogen and oxygen atoms in total. The summed E-state index contributed by atoms with van der Waals surface area (Å²) in [5.74, 6) is 0.817.